The zero-order valence-corrected chi connectivity index (χ0v) is 15.9. The molecule has 3 heteroatoms. The van der Waals surface area contributed by atoms with Gasteiger partial charge in [-0.1, -0.05) is 80.6 Å². The van der Waals surface area contributed by atoms with E-state index in [0.717, 1.165) is 22.3 Å². The summed E-state index contributed by atoms with van der Waals surface area (Å²) < 4.78 is 5.38. The van der Waals surface area contributed by atoms with Crippen molar-refractivity contribution in [3.05, 3.63) is 101 Å². The van der Waals surface area contributed by atoms with Crippen LogP contribution in [0, 0.1) is 0 Å². The minimum atomic E-state index is -0.421. The van der Waals surface area contributed by atoms with Crippen molar-refractivity contribution in [3.63, 3.8) is 0 Å². The fourth-order valence-electron chi connectivity index (χ4n) is 3.10. The normalized spacial score (nSPS) is 15.0. The van der Waals surface area contributed by atoms with Crippen LogP contribution in [-0.2, 0) is 9.53 Å². The molecule has 0 N–H and O–H groups in total. The highest BCUT2D eigenvalue weighted by molar-refractivity contribution is 6.12. The molecule has 1 heterocycles. The average Bonchev–Trinajstić information content (AvgIpc) is 3.09. The van der Waals surface area contributed by atoms with Gasteiger partial charge in [0.2, 0.25) is 5.90 Å². The van der Waals surface area contributed by atoms with Crippen molar-refractivity contribution in [2.45, 2.75) is 19.8 Å². The Bertz CT molecular complexity index is 1040. The summed E-state index contributed by atoms with van der Waals surface area (Å²) in [7, 11) is 0. The van der Waals surface area contributed by atoms with E-state index in [0.29, 0.717) is 17.5 Å². The van der Waals surface area contributed by atoms with E-state index in [1.165, 1.54) is 5.56 Å². The van der Waals surface area contributed by atoms with Crippen LogP contribution in [0.15, 0.2) is 89.6 Å². The molecule has 138 valence electrons. The molecule has 28 heavy (non-hydrogen) atoms. The molecule has 0 atom stereocenters. The van der Waals surface area contributed by atoms with Crippen LogP contribution in [0.2, 0.25) is 0 Å². The van der Waals surface area contributed by atoms with Gasteiger partial charge in [0, 0.05) is 5.56 Å². The lowest BCUT2D eigenvalue weighted by Crippen LogP contribution is -2.05. The fraction of sp³-hybridized carbons (Fsp3) is 0.120. The third-order valence-electron chi connectivity index (χ3n) is 4.77. The Morgan fingerprint density at radius 3 is 2.04 bits per heavy atom. The minimum Gasteiger partial charge on any atom is -0.402 e. The van der Waals surface area contributed by atoms with Crippen molar-refractivity contribution >= 4 is 17.9 Å². The summed E-state index contributed by atoms with van der Waals surface area (Å²) in [6, 6.07) is 26.2. The standard InChI is InChI=1S/C25H21NO2/c1-17(2)19-10-8-18(9-11-19)16-23-25(27)28-24(26-23)22-14-12-21(13-15-22)20-6-4-3-5-7-20/h3-17H,1-2H3/b23-16-. The molecule has 3 aromatic carbocycles. The van der Waals surface area contributed by atoms with Crippen LogP contribution in [0.1, 0.15) is 36.5 Å². The van der Waals surface area contributed by atoms with Crippen LogP contribution in [0.3, 0.4) is 0 Å². The molecule has 0 unspecified atom stereocenters. The summed E-state index contributed by atoms with van der Waals surface area (Å²) in [5.41, 5.74) is 5.55. The van der Waals surface area contributed by atoms with E-state index in [-0.39, 0.29) is 0 Å². The molecular formula is C25H21NO2. The summed E-state index contributed by atoms with van der Waals surface area (Å²) in [4.78, 5) is 16.6. The smallest absolute Gasteiger partial charge is 0.363 e. The number of esters is 1. The maximum atomic E-state index is 12.2. The molecule has 3 aromatic rings. The van der Waals surface area contributed by atoms with Gasteiger partial charge < -0.3 is 4.74 Å². The van der Waals surface area contributed by atoms with Gasteiger partial charge in [0.05, 0.1) is 0 Å². The number of nitrogens with zero attached hydrogens (tertiary/aromatic N) is 1. The number of hydrogen-bond acceptors (Lipinski definition) is 3. The molecule has 1 aliphatic heterocycles. The van der Waals surface area contributed by atoms with Gasteiger partial charge in [0.15, 0.2) is 5.70 Å². The van der Waals surface area contributed by atoms with Gasteiger partial charge in [0.1, 0.15) is 0 Å². The molecule has 1 aliphatic rings. The number of aliphatic imine (C=N–C) groups is 1. The van der Waals surface area contributed by atoms with Crippen molar-refractivity contribution < 1.29 is 9.53 Å². The highest BCUT2D eigenvalue weighted by atomic mass is 16.6. The van der Waals surface area contributed by atoms with E-state index in [1.54, 1.807) is 6.08 Å². The van der Waals surface area contributed by atoms with Crippen LogP contribution in [-0.4, -0.2) is 11.9 Å². The van der Waals surface area contributed by atoms with Crippen molar-refractivity contribution in [2.75, 3.05) is 0 Å². The number of cyclic esters (lactones) is 1. The first-order chi connectivity index (χ1) is 13.6. The van der Waals surface area contributed by atoms with Gasteiger partial charge in [-0.05, 0) is 46.4 Å². The SMILES string of the molecule is CC(C)c1ccc(/C=C2\N=C(c3ccc(-c4ccccc4)cc3)OC2=O)cc1. The van der Waals surface area contributed by atoms with Crippen LogP contribution in [0.5, 0.6) is 0 Å². The Hall–Kier alpha value is -3.46. The number of benzene rings is 3. The van der Waals surface area contributed by atoms with Crippen molar-refractivity contribution in [2.24, 2.45) is 4.99 Å². The second-order valence-corrected chi connectivity index (χ2v) is 7.10. The second kappa shape index (κ2) is 7.65. The molecule has 0 bridgehead atoms. The van der Waals surface area contributed by atoms with Crippen LogP contribution in [0.25, 0.3) is 17.2 Å². The molecule has 0 saturated carbocycles. The molecule has 0 spiro atoms. The fourth-order valence-corrected chi connectivity index (χ4v) is 3.10. The van der Waals surface area contributed by atoms with Crippen LogP contribution in [0.4, 0.5) is 0 Å². The van der Waals surface area contributed by atoms with Gasteiger partial charge in [-0.3, -0.25) is 0 Å². The third kappa shape index (κ3) is 3.79. The Balaban J connectivity index is 1.57. The van der Waals surface area contributed by atoms with E-state index in [2.05, 4.69) is 43.1 Å². The summed E-state index contributed by atoms with van der Waals surface area (Å²) in [6.07, 6.45) is 1.76. The first-order valence-electron chi connectivity index (χ1n) is 9.38. The Morgan fingerprint density at radius 1 is 0.786 bits per heavy atom. The van der Waals surface area contributed by atoms with Gasteiger partial charge >= 0.3 is 5.97 Å². The van der Waals surface area contributed by atoms with Gasteiger partial charge in [0.25, 0.3) is 0 Å². The zero-order valence-electron chi connectivity index (χ0n) is 15.9. The largest absolute Gasteiger partial charge is 0.402 e. The zero-order chi connectivity index (χ0) is 19.5. The number of rotatable bonds is 4. The summed E-state index contributed by atoms with van der Waals surface area (Å²) >= 11 is 0. The van der Waals surface area contributed by atoms with E-state index in [9.17, 15) is 4.79 Å². The Labute approximate surface area is 165 Å². The second-order valence-electron chi connectivity index (χ2n) is 7.10. The molecule has 0 aromatic heterocycles. The topological polar surface area (TPSA) is 38.7 Å². The molecule has 3 nitrogen and oxygen atoms in total. The molecule has 0 saturated heterocycles. The first-order valence-corrected chi connectivity index (χ1v) is 9.38. The van der Waals surface area contributed by atoms with Gasteiger partial charge in [-0.15, -0.1) is 0 Å². The molecular weight excluding hydrogens is 346 g/mol. The number of carbonyl (C=O) groups excluding carboxylic acids is 1. The number of ether oxygens (including phenoxy) is 1. The van der Waals surface area contributed by atoms with E-state index >= 15 is 0 Å². The minimum absolute atomic E-state index is 0.319. The predicted molar refractivity (Wildman–Crippen MR) is 113 cm³/mol. The number of hydrogen-bond donors (Lipinski definition) is 0. The lowest BCUT2D eigenvalue weighted by atomic mass is 10.0. The predicted octanol–water partition coefficient (Wildman–Crippen LogP) is 5.82. The summed E-state index contributed by atoms with van der Waals surface area (Å²) in [6.45, 7) is 4.31. The first kappa shape index (κ1) is 17.9. The maximum Gasteiger partial charge on any atom is 0.363 e. The molecule has 0 fully saturated rings. The molecule has 0 amide bonds. The lowest BCUT2D eigenvalue weighted by Gasteiger charge is -2.04. The monoisotopic (exact) mass is 367 g/mol. The van der Waals surface area contributed by atoms with Crippen molar-refractivity contribution in [1.82, 2.24) is 0 Å². The van der Waals surface area contributed by atoms with E-state index in [4.69, 9.17) is 4.74 Å². The molecule has 4 rings (SSSR count). The molecule has 0 aliphatic carbocycles. The maximum absolute atomic E-state index is 12.2. The van der Waals surface area contributed by atoms with Crippen molar-refractivity contribution in [1.29, 1.82) is 0 Å². The highest BCUT2D eigenvalue weighted by Gasteiger charge is 2.24. The van der Waals surface area contributed by atoms with E-state index in [1.807, 2.05) is 54.6 Å². The average molecular weight is 367 g/mol. The van der Waals surface area contributed by atoms with E-state index < -0.39 is 5.97 Å². The highest BCUT2D eigenvalue weighted by Crippen LogP contribution is 2.23. The number of carbonyl (C=O) groups is 1. The van der Waals surface area contributed by atoms with Crippen molar-refractivity contribution in [3.8, 4) is 11.1 Å². The van der Waals surface area contributed by atoms with Crippen LogP contribution < -0.4 is 0 Å². The van der Waals surface area contributed by atoms with Gasteiger partial charge in [-0.25, -0.2) is 9.79 Å². The Morgan fingerprint density at radius 2 is 1.39 bits per heavy atom. The summed E-state index contributed by atoms with van der Waals surface area (Å²) in [5.74, 6) is 0.395. The lowest BCUT2D eigenvalue weighted by molar-refractivity contribution is -0.129. The third-order valence-corrected chi connectivity index (χ3v) is 4.77. The summed E-state index contributed by atoms with van der Waals surface area (Å²) in [5, 5.41) is 0. The molecule has 0 radical (unpaired) electrons. The van der Waals surface area contributed by atoms with Crippen LogP contribution >= 0.6 is 0 Å². The Kier molecular flexibility index (Phi) is 4.90. The quantitative estimate of drug-likeness (QED) is 0.430. The van der Waals surface area contributed by atoms with Gasteiger partial charge in [-0.2, -0.15) is 0 Å².